The molecule has 0 aliphatic rings. The Labute approximate surface area is 96.3 Å². The van der Waals surface area contributed by atoms with Crippen LogP contribution in [0.2, 0.25) is 0 Å². The SMILES string of the molecule is Nc1ccccc1CC(=O)Nc1nncs1. The third-order valence-corrected chi connectivity index (χ3v) is 2.62. The average molecular weight is 234 g/mol. The quantitative estimate of drug-likeness (QED) is 0.784. The Kier molecular flexibility index (Phi) is 3.11. The normalized spacial score (nSPS) is 10.0. The molecule has 0 bridgehead atoms. The number of anilines is 2. The highest BCUT2D eigenvalue weighted by Crippen LogP contribution is 2.13. The van der Waals surface area contributed by atoms with Crippen molar-refractivity contribution in [2.45, 2.75) is 6.42 Å². The lowest BCUT2D eigenvalue weighted by atomic mass is 10.1. The van der Waals surface area contributed by atoms with Crippen molar-refractivity contribution in [3.8, 4) is 0 Å². The molecule has 1 aromatic heterocycles. The Morgan fingerprint density at radius 2 is 2.25 bits per heavy atom. The summed E-state index contributed by atoms with van der Waals surface area (Å²) >= 11 is 1.28. The van der Waals surface area contributed by atoms with Gasteiger partial charge in [0.05, 0.1) is 6.42 Å². The minimum Gasteiger partial charge on any atom is -0.398 e. The zero-order valence-corrected chi connectivity index (χ0v) is 9.20. The summed E-state index contributed by atoms with van der Waals surface area (Å²) in [6, 6.07) is 7.29. The second-order valence-electron chi connectivity index (χ2n) is 3.17. The lowest BCUT2D eigenvalue weighted by Gasteiger charge is -2.04. The molecule has 1 aromatic carbocycles. The molecule has 0 saturated heterocycles. The molecule has 16 heavy (non-hydrogen) atoms. The zero-order chi connectivity index (χ0) is 11.4. The number of aromatic nitrogens is 2. The molecule has 0 radical (unpaired) electrons. The number of carbonyl (C=O) groups excluding carboxylic acids is 1. The van der Waals surface area contributed by atoms with E-state index in [2.05, 4.69) is 15.5 Å². The van der Waals surface area contributed by atoms with Crippen LogP contribution in [0, 0.1) is 0 Å². The fourth-order valence-electron chi connectivity index (χ4n) is 1.26. The number of nitrogen functional groups attached to an aromatic ring is 1. The summed E-state index contributed by atoms with van der Waals surface area (Å²) in [6.45, 7) is 0. The predicted octanol–water partition coefficient (Wildman–Crippen LogP) is 1.30. The fourth-order valence-corrected chi connectivity index (χ4v) is 1.72. The summed E-state index contributed by atoms with van der Waals surface area (Å²) in [5, 5.41) is 10.5. The molecule has 6 heteroatoms. The van der Waals surface area contributed by atoms with Gasteiger partial charge in [0.1, 0.15) is 5.51 Å². The number of para-hydroxylation sites is 1. The number of nitrogens with one attached hydrogen (secondary N) is 1. The molecule has 0 saturated carbocycles. The third-order valence-electron chi connectivity index (χ3n) is 2.01. The largest absolute Gasteiger partial charge is 0.398 e. The van der Waals surface area contributed by atoms with Crippen molar-refractivity contribution in [2.75, 3.05) is 11.1 Å². The van der Waals surface area contributed by atoms with Crippen molar-refractivity contribution < 1.29 is 4.79 Å². The van der Waals surface area contributed by atoms with Gasteiger partial charge in [0.2, 0.25) is 11.0 Å². The van der Waals surface area contributed by atoms with Gasteiger partial charge in [-0.1, -0.05) is 29.5 Å². The van der Waals surface area contributed by atoms with E-state index in [0.29, 0.717) is 10.8 Å². The highest BCUT2D eigenvalue weighted by molar-refractivity contribution is 7.13. The highest BCUT2D eigenvalue weighted by atomic mass is 32.1. The minimum absolute atomic E-state index is 0.144. The zero-order valence-electron chi connectivity index (χ0n) is 8.38. The highest BCUT2D eigenvalue weighted by Gasteiger charge is 2.07. The summed E-state index contributed by atoms with van der Waals surface area (Å²) in [4.78, 5) is 11.6. The van der Waals surface area contributed by atoms with Gasteiger partial charge in [-0.05, 0) is 11.6 Å². The van der Waals surface area contributed by atoms with E-state index in [1.807, 2.05) is 18.2 Å². The van der Waals surface area contributed by atoms with E-state index in [-0.39, 0.29) is 12.3 Å². The summed E-state index contributed by atoms with van der Waals surface area (Å²) in [5.41, 5.74) is 8.73. The molecule has 3 N–H and O–H groups in total. The van der Waals surface area contributed by atoms with Crippen LogP contribution in [0.1, 0.15) is 5.56 Å². The monoisotopic (exact) mass is 234 g/mol. The van der Waals surface area contributed by atoms with E-state index < -0.39 is 0 Å². The van der Waals surface area contributed by atoms with E-state index >= 15 is 0 Å². The predicted molar refractivity (Wildman–Crippen MR) is 63.1 cm³/mol. The van der Waals surface area contributed by atoms with Crippen LogP contribution in [0.3, 0.4) is 0 Å². The maximum Gasteiger partial charge on any atom is 0.230 e. The van der Waals surface area contributed by atoms with Crippen LogP contribution in [0.5, 0.6) is 0 Å². The molecule has 5 nitrogen and oxygen atoms in total. The molecular weight excluding hydrogens is 224 g/mol. The smallest absolute Gasteiger partial charge is 0.230 e. The van der Waals surface area contributed by atoms with Gasteiger partial charge in [-0.25, -0.2) is 0 Å². The average Bonchev–Trinajstić information content (AvgIpc) is 2.74. The summed E-state index contributed by atoms with van der Waals surface area (Å²) in [7, 11) is 0. The van der Waals surface area contributed by atoms with Crippen LogP contribution in [0.4, 0.5) is 10.8 Å². The Balaban J connectivity index is 2.00. The van der Waals surface area contributed by atoms with Gasteiger partial charge >= 0.3 is 0 Å². The number of nitrogens with two attached hydrogens (primary N) is 1. The van der Waals surface area contributed by atoms with Gasteiger partial charge in [-0.15, -0.1) is 10.2 Å². The topological polar surface area (TPSA) is 80.9 Å². The first-order valence-corrected chi connectivity index (χ1v) is 5.53. The molecule has 1 amide bonds. The van der Waals surface area contributed by atoms with Crippen LogP contribution >= 0.6 is 11.3 Å². The van der Waals surface area contributed by atoms with Gasteiger partial charge < -0.3 is 11.1 Å². The van der Waals surface area contributed by atoms with Gasteiger partial charge in [-0.3, -0.25) is 4.79 Å². The van der Waals surface area contributed by atoms with Gasteiger partial charge in [0.25, 0.3) is 0 Å². The molecular formula is C10H10N4OS. The first kappa shape index (κ1) is 10.6. The van der Waals surface area contributed by atoms with E-state index in [1.165, 1.54) is 11.3 Å². The lowest BCUT2D eigenvalue weighted by Crippen LogP contribution is -2.15. The number of nitrogens with zero attached hydrogens (tertiary/aromatic N) is 2. The molecule has 0 atom stereocenters. The van der Waals surface area contributed by atoms with E-state index in [9.17, 15) is 4.79 Å². The number of amides is 1. The second-order valence-corrected chi connectivity index (χ2v) is 4.00. The minimum atomic E-state index is -0.144. The summed E-state index contributed by atoms with van der Waals surface area (Å²) in [5.74, 6) is -0.144. The standard InChI is InChI=1S/C10H10N4OS/c11-8-4-2-1-3-7(8)5-9(15)13-10-14-12-6-16-10/h1-4,6H,5,11H2,(H,13,14,15). The van der Waals surface area contributed by atoms with Crippen molar-refractivity contribution in [3.05, 3.63) is 35.3 Å². The van der Waals surface area contributed by atoms with Crippen LogP contribution in [0.25, 0.3) is 0 Å². The number of hydrogen-bond acceptors (Lipinski definition) is 5. The van der Waals surface area contributed by atoms with E-state index in [1.54, 1.807) is 11.6 Å². The third kappa shape index (κ3) is 2.54. The van der Waals surface area contributed by atoms with Crippen molar-refractivity contribution in [3.63, 3.8) is 0 Å². The van der Waals surface area contributed by atoms with Crippen molar-refractivity contribution in [2.24, 2.45) is 0 Å². The Morgan fingerprint density at radius 3 is 2.94 bits per heavy atom. The Morgan fingerprint density at radius 1 is 1.44 bits per heavy atom. The molecule has 0 aliphatic heterocycles. The van der Waals surface area contributed by atoms with E-state index in [0.717, 1.165) is 5.56 Å². The Bertz CT molecular complexity index is 483. The first-order chi connectivity index (χ1) is 7.75. The second kappa shape index (κ2) is 4.71. The van der Waals surface area contributed by atoms with Gasteiger partial charge in [-0.2, -0.15) is 0 Å². The molecule has 82 valence electrons. The maximum absolute atomic E-state index is 11.6. The molecule has 2 aromatic rings. The first-order valence-electron chi connectivity index (χ1n) is 4.65. The van der Waals surface area contributed by atoms with Crippen LogP contribution in [-0.4, -0.2) is 16.1 Å². The maximum atomic E-state index is 11.6. The molecule has 0 fully saturated rings. The van der Waals surface area contributed by atoms with Gasteiger partial charge in [0.15, 0.2) is 0 Å². The molecule has 0 unspecified atom stereocenters. The van der Waals surface area contributed by atoms with Crippen molar-refractivity contribution in [1.29, 1.82) is 0 Å². The molecule has 0 aliphatic carbocycles. The van der Waals surface area contributed by atoms with Crippen molar-refractivity contribution >= 4 is 28.1 Å². The summed E-state index contributed by atoms with van der Waals surface area (Å²) in [6.07, 6.45) is 0.242. The number of benzene rings is 1. The molecule has 0 spiro atoms. The molecule has 1 heterocycles. The number of carbonyl (C=O) groups is 1. The Hall–Kier alpha value is -1.95. The van der Waals surface area contributed by atoms with Gasteiger partial charge in [0, 0.05) is 5.69 Å². The van der Waals surface area contributed by atoms with E-state index in [4.69, 9.17) is 5.73 Å². The summed E-state index contributed by atoms with van der Waals surface area (Å²) < 4.78 is 0. The lowest BCUT2D eigenvalue weighted by molar-refractivity contribution is -0.115. The van der Waals surface area contributed by atoms with Crippen LogP contribution in [0.15, 0.2) is 29.8 Å². The fraction of sp³-hybridized carbons (Fsp3) is 0.100. The number of hydrogen-bond donors (Lipinski definition) is 2. The van der Waals surface area contributed by atoms with Crippen molar-refractivity contribution in [1.82, 2.24) is 10.2 Å². The number of rotatable bonds is 3. The molecule has 2 rings (SSSR count). The van der Waals surface area contributed by atoms with Crippen LogP contribution in [-0.2, 0) is 11.2 Å². The van der Waals surface area contributed by atoms with Crippen LogP contribution < -0.4 is 11.1 Å².